The maximum absolute atomic E-state index is 13.3. The van der Waals surface area contributed by atoms with Crippen LogP contribution in [0.25, 0.3) is 11.1 Å². The Balaban J connectivity index is 1.57. The Kier molecular flexibility index (Phi) is 3.95. The topological polar surface area (TPSA) is 73.3 Å². The number of ether oxygens (including phenoxy) is 2. The molecule has 136 valence electrons. The van der Waals surface area contributed by atoms with Crippen molar-refractivity contribution in [3.8, 4) is 22.6 Å². The molecule has 0 saturated heterocycles. The van der Waals surface area contributed by atoms with E-state index in [0.717, 1.165) is 5.56 Å². The number of hydrogen-bond acceptors (Lipinski definition) is 5. The monoisotopic (exact) mass is 369 g/mol. The van der Waals surface area contributed by atoms with Gasteiger partial charge in [0.2, 0.25) is 0 Å². The fourth-order valence-electron chi connectivity index (χ4n) is 2.72. The fraction of sp³-hybridized carbons (Fsp3) is 0.105. The van der Waals surface area contributed by atoms with Crippen molar-refractivity contribution in [3.05, 3.63) is 66.1 Å². The number of aromatic nitrogens is 2. The van der Waals surface area contributed by atoms with Gasteiger partial charge < -0.3 is 14.8 Å². The van der Waals surface area contributed by atoms with Gasteiger partial charge in [0.05, 0.1) is 0 Å². The van der Waals surface area contributed by atoms with Crippen LogP contribution in [0, 0.1) is 6.92 Å². The van der Waals surface area contributed by atoms with Crippen LogP contribution in [0.1, 0.15) is 16.1 Å². The Morgan fingerprint density at radius 1 is 1.07 bits per heavy atom. The van der Waals surface area contributed by atoms with E-state index in [1.165, 1.54) is 18.5 Å². The Hall–Kier alpha value is -3.55. The summed E-state index contributed by atoms with van der Waals surface area (Å²) in [4.78, 5) is 20.5. The summed E-state index contributed by atoms with van der Waals surface area (Å²) in [5.41, 5.74) is 2.00. The SMILES string of the molecule is Cc1cccnc1C(=O)Nc1ccc(-c2cccc3c2OC(F)(F)O3)cn1. The number of nitrogens with one attached hydrogen (secondary N) is 1. The molecule has 0 bridgehead atoms. The van der Waals surface area contributed by atoms with Gasteiger partial charge in [0, 0.05) is 23.5 Å². The van der Waals surface area contributed by atoms with Crippen LogP contribution in [0.3, 0.4) is 0 Å². The number of benzene rings is 1. The van der Waals surface area contributed by atoms with Gasteiger partial charge in [0.25, 0.3) is 5.91 Å². The minimum Gasteiger partial charge on any atom is -0.395 e. The molecule has 0 radical (unpaired) electrons. The Morgan fingerprint density at radius 2 is 1.93 bits per heavy atom. The van der Waals surface area contributed by atoms with Crippen molar-refractivity contribution in [2.45, 2.75) is 13.2 Å². The number of aryl methyl sites for hydroxylation is 1. The van der Waals surface area contributed by atoms with Gasteiger partial charge in [0.1, 0.15) is 11.5 Å². The predicted octanol–water partition coefficient (Wildman–Crippen LogP) is 4.03. The predicted molar refractivity (Wildman–Crippen MR) is 92.8 cm³/mol. The summed E-state index contributed by atoms with van der Waals surface area (Å²) in [6.45, 7) is 1.78. The zero-order valence-corrected chi connectivity index (χ0v) is 14.1. The number of pyridine rings is 2. The highest BCUT2D eigenvalue weighted by Gasteiger charge is 2.44. The lowest BCUT2D eigenvalue weighted by Crippen LogP contribution is -2.26. The number of halogens is 2. The number of nitrogens with zero attached hydrogens (tertiary/aromatic N) is 2. The molecule has 8 heteroatoms. The van der Waals surface area contributed by atoms with E-state index in [2.05, 4.69) is 24.8 Å². The summed E-state index contributed by atoms with van der Waals surface area (Å²) in [7, 11) is 0. The van der Waals surface area contributed by atoms with Crippen LogP contribution >= 0.6 is 0 Å². The summed E-state index contributed by atoms with van der Waals surface area (Å²) in [5.74, 6) is -0.167. The quantitative estimate of drug-likeness (QED) is 0.755. The summed E-state index contributed by atoms with van der Waals surface area (Å²) in [5, 5.41) is 2.65. The molecule has 6 nitrogen and oxygen atoms in total. The van der Waals surface area contributed by atoms with Crippen molar-refractivity contribution < 1.29 is 23.0 Å². The van der Waals surface area contributed by atoms with Gasteiger partial charge in [0.15, 0.2) is 11.5 Å². The van der Waals surface area contributed by atoms with Crippen LogP contribution in [0.15, 0.2) is 54.9 Å². The first-order chi connectivity index (χ1) is 12.9. The summed E-state index contributed by atoms with van der Waals surface area (Å²) >= 11 is 0. The number of fused-ring (bicyclic) bond motifs is 1. The molecule has 1 aliphatic heterocycles. The second-order valence-corrected chi connectivity index (χ2v) is 5.86. The molecule has 0 aliphatic carbocycles. The van der Waals surface area contributed by atoms with Crippen LogP contribution < -0.4 is 14.8 Å². The third-order valence-electron chi connectivity index (χ3n) is 3.97. The highest BCUT2D eigenvalue weighted by atomic mass is 19.3. The zero-order chi connectivity index (χ0) is 19.0. The molecule has 2 aromatic heterocycles. The number of anilines is 1. The van der Waals surface area contributed by atoms with Crippen LogP contribution in [0.4, 0.5) is 14.6 Å². The lowest BCUT2D eigenvalue weighted by molar-refractivity contribution is -0.286. The molecular formula is C19H13F2N3O3. The number of para-hydroxylation sites is 1. The van der Waals surface area contributed by atoms with Gasteiger partial charge in [-0.15, -0.1) is 8.78 Å². The average Bonchev–Trinajstić information content (AvgIpc) is 2.96. The number of carbonyl (C=O) groups excluding carboxylic acids is 1. The highest BCUT2D eigenvalue weighted by Crippen LogP contribution is 2.46. The molecule has 1 N–H and O–H groups in total. The first-order valence-corrected chi connectivity index (χ1v) is 8.01. The molecule has 1 aromatic carbocycles. The smallest absolute Gasteiger partial charge is 0.395 e. The highest BCUT2D eigenvalue weighted by molar-refractivity contribution is 6.03. The van der Waals surface area contributed by atoms with Gasteiger partial charge in [-0.2, -0.15) is 0 Å². The molecule has 0 atom stereocenters. The van der Waals surface area contributed by atoms with E-state index < -0.39 is 6.29 Å². The summed E-state index contributed by atoms with van der Waals surface area (Å²) < 4.78 is 35.7. The molecule has 0 spiro atoms. The summed E-state index contributed by atoms with van der Waals surface area (Å²) in [6, 6.07) is 11.3. The molecule has 3 aromatic rings. The van der Waals surface area contributed by atoms with E-state index in [9.17, 15) is 13.6 Å². The fourth-order valence-corrected chi connectivity index (χ4v) is 2.72. The normalized spacial score (nSPS) is 14.0. The minimum absolute atomic E-state index is 0.0412. The largest absolute Gasteiger partial charge is 0.586 e. The Morgan fingerprint density at radius 3 is 2.67 bits per heavy atom. The van der Waals surface area contributed by atoms with E-state index in [-0.39, 0.29) is 17.4 Å². The number of amides is 1. The van der Waals surface area contributed by atoms with Gasteiger partial charge in [-0.25, -0.2) is 4.98 Å². The van der Waals surface area contributed by atoms with Crippen molar-refractivity contribution in [2.24, 2.45) is 0 Å². The Bertz CT molecular complexity index is 1020. The van der Waals surface area contributed by atoms with Crippen molar-refractivity contribution in [1.82, 2.24) is 9.97 Å². The van der Waals surface area contributed by atoms with E-state index in [0.29, 0.717) is 22.6 Å². The molecule has 0 fully saturated rings. The average molecular weight is 369 g/mol. The van der Waals surface area contributed by atoms with Gasteiger partial charge in [-0.05, 0) is 36.8 Å². The minimum atomic E-state index is -3.69. The maximum atomic E-state index is 13.3. The van der Waals surface area contributed by atoms with Crippen LogP contribution in [-0.2, 0) is 0 Å². The number of rotatable bonds is 3. The Labute approximate surface area is 152 Å². The number of carbonyl (C=O) groups is 1. The second kappa shape index (κ2) is 6.31. The standard InChI is InChI=1S/C19H13F2N3O3/c1-11-4-3-9-22-16(11)18(25)24-15-8-7-12(10-23-15)13-5-2-6-14-17(13)27-19(20,21)26-14/h2-10H,1H3,(H,23,24,25). The molecule has 1 amide bonds. The van der Waals surface area contributed by atoms with Gasteiger partial charge in [-0.1, -0.05) is 18.2 Å². The molecule has 3 heterocycles. The van der Waals surface area contributed by atoms with Crippen molar-refractivity contribution in [1.29, 1.82) is 0 Å². The van der Waals surface area contributed by atoms with Crippen LogP contribution in [-0.4, -0.2) is 22.2 Å². The third kappa shape index (κ3) is 3.29. The van der Waals surface area contributed by atoms with E-state index in [1.807, 2.05) is 0 Å². The third-order valence-corrected chi connectivity index (χ3v) is 3.97. The second-order valence-electron chi connectivity index (χ2n) is 5.86. The zero-order valence-electron chi connectivity index (χ0n) is 14.1. The van der Waals surface area contributed by atoms with Gasteiger partial charge in [-0.3, -0.25) is 9.78 Å². The first-order valence-electron chi connectivity index (χ1n) is 8.01. The van der Waals surface area contributed by atoms with Crippen molar-refractivity contribution in [3.63, 3.8) is 0 Å². The first kappa shape index (κ1) is 16.9. The van der Waals surface area contributed by atoms with Crippen molar-refractivity contribution in [2.75, 3.05) is 5.32 Å². The molecule has 27 heavy (non-hydrogen) atoms. The van der Waals surface area contributed by atoms with Crippen molar-refractivity contribution >= 4 is 11.7 Å². The molecule has 0 saturated carbocycles. The summed E-state index contributed by atoms with van der Waals surface area (Å²) in [6.07, 6.45) is -0.705. The molecule has 1 aliphatic rings. The molecule has 0 unspecified atom stereocenters. The van der Waals surface area contributed by atoms with E-state index >= 15 is 0 Å². The van der Waals surface area contributed by atoms with Crippen LogP contribution in [0.5, 0.6) is 11.5 Å². The lowest BCUT2D eigenvalue weighted by atomic mass is 10.1. The van der Waals surface area contributed by atoms with E-state index in [1.54, 1.807) is 43.3 Å². The lowest BCUT2D eigenvalue weighted by Gasteiger charge is -2.09. The molecular weight excluding hydrogens is 356 g/mol. The molecule has 4 rings (SSSR count). The number of alkyl halides is 2. The maximum Gasteiger partial charge on any atom is 0.586 e. The van der Waals surface area contributed by atoms with E-state index in [4.69, 9.17) is 0 Å². The number of hydrogen-bond donors (Lipinski definition) is 1. The van der Waals surface area contributed by atoms with Gasteiger partial charge >= 0.3 is 6.29 Å². The van der Waals surface area contributed by atoms with Crippen LogP contribution in [0.2, 0.25) is 0 Å².